The fraction of sp³-hybridized carbons (Fsp3) is 0.400. The molecule has 0 heterocycles. The molecule has 0 fully saturated rings. The molecule has 1 N–H and O–H groups in total. The van der Waals surface area contributed by atoms with E-state index in [2.05, 4.69) is 0 Å². The van der Waals surface area contributed by atoms with Crippen LogP contribution in [0.1, 0.15) is 24.2 Å². The molecular formula is C10H11ClF2O. The summed E-state index contributed by atoms with van der Waals surface area (Å²) in [5.74, 6) is 0. The molecule has 0 aromatic heterocycles. The molecule has 0 saturated heterocycles. The number of rotatable bonds is 3. The van der Waals surface area contributed by atoms with Crippen molar-refractivity contribution in [1.82, 2.24) is 0 Å². The Morgan fingerprint density at radius 2 is 2.14 bits per heavy atom. The zero-order valence-electron chi connectivity index (χ0n) is 7.67. The van der Waals surface area contributed by atoms with Crippen molar-refractivity contribution in [2.24, 2.45) is 0 Å². The smallest absolute Gasteiger partial charge is 0.351 e. The van der Waals surface area contributed by atoms with Gasteiger partial charge < -0.3 is 5.11 Å². The van der Waals surface area contributed by atoms with Gasteiger partial charge in [-0.2, -0.15) is 8.78 Å². The second-order valence-corrected chi connectivity index (χ2v) is 3.55. The van der Waals surface area contributed by atoms with Crippen molar-refractivity contribution in [2.45, 2.75) is 24.8 Å². The van der Waals surface area contributed by atoms with Crippen molar-refractivity contribution >= 4 is 11.6 Å². The number of aryl methyl sites for hydroxylation is 1. The summed E-state index contributed by atoms with van der Waals surface area (Å²) < 4.78 is 25.1. The molecule has 0 saturated carbocycles. The third kappa shape index (κ3) is 2.66. The van der Waals surface area contributed by atoms with Crippen LogP contribution in [0, 0.1) is 0 Å². The first-order chi connectivity index (χ1) is 6.45. The van der Waals surface area contributed by atoms with E-state index in [0.29, 0.717) is 0 Å². The summed E-state index contributed by atoms with van der Waals surface area (Å²) in [5.41, 5.74) is 1.03. The van der Waals surface area contributed by atoms with E-state index in [0.717, 1.165) is 12.0 Å². The van der Waals surface area contributed by atoms with Crippen molar-refractivity contribution in [3.63, 3.8) is 0 Å². The van der Waals surface area contributed by atoms with Gasteiger partial charge in [0, 0.05) is 0 Å². The van der Waals surface area contributed by atoms with Gasteiger partial charge in [-0.15, -0.1) is 0 Å². The second-order valence-electron chi connectivity index (χ2n) is 3.04. The van der Waals surface area contributed by atoms with E-state index in [4.69, 9.17) is 11.6 Å². The molecule has 0 amide bonds. The van der Waals surface area contributed by atoms with Gasteiger partial charge in [0.2, 0.25) is 0 Å². The lowest BCUT2D eigenvalue weighted by Crippen LogP contribution is -2.18. The lowest BCUT2D eigenvalue weighted by Gasteiger charge is -2.16. The molecule has 0 aliphatic heterocycles. The van der Waals surface area contributed by atoms with Crippen LogP contribution in [-0.4, -0.2) is 10.5 Å². The van der Waals surface area contributed by atoms with Gasteiger partial charge in [-0.1, -0.05) is 31.2 Å². The predicted molar refractivity (Wildman–Crippen MR) is 51.6 cm³/mol. The van der Waals surface area contributed by atoms with Crippen LogP contribution in [0.3, 0.4) is 0 Å². The van der Waals surface area contributed by atoms with E-state index in [9.17, 15) is 13.9 Å². The minimum Gasteiger partial charge on any atom is -0.381 e. The van der Waals surface area contributed by atoms with E-state index < -0.39 is 11.5 Å². The maximum atomic E-state index is 12.6. The Hall–Kier alpha value is -0.670. The fourth-order valence-corrected chi connectivity index (χ4v) is 1.30. The number of aliphatic hydroxyl groups is 1. The van der Waals surface area contributed by atoms with Crippen LogP contribution in [0.5, 0.6) is 0 Å². The van der Waals surface area contributed by atoms with Crippen LogP contribution < -0.4 is 0 Å². The van der Waals surface area contributed by atoms with Crippen molar-refractivity contribution < 1.29 is 13.9 Å². The Balaban J connectivity index is 2.95. The zero-order valence-corrected chi connectivity index (χ0v) is 8.43. The Morgan fingerprint density at radius 3 is 2.64 bits per heavy atom. The minimum absolute atomic E-state index is 0.143. The topological polar surface area (TPSA) is 20.2 Å². The molecule has 0 aliphatic rings. The number of halogens is 3. The third-order valence-electron chi connectivity index (χ3n) is 1.99. The molecule has 14 heavy (non-hydrogen) atoms. The van der Waals surface area contributed by atoms with Gasteiger partial charge in [-0.05, 0) is 29.1 Å². The van der Waals surface area contributed by atoms with E-state index >= 15 is 0 Å². The molecular weight excluding hydrogens is 210 g/mol. The van der Waals surface area contributed by atoms with Crippen LogP contribution in [-0.2, 0) is 6.42 Å². The van der Waals surface area contributed by atoms with Crippen LogP contribution in [0.2, 0.25) is 0 Å². The first-order valence-electron chi connectivity index (χ1n) is 4.28. The molecule has 1 aromatic carbocycles. The Morgan fingerprint density at radius 1 is 1.50 bits per heavy atom. The number of benzene rings is 1. The first kappa shape index (κ1) is 11.4. The van der Waals surface area contributed by atoms with E-state index in [1.165, 1.54) is 12.1 Å². The summed E-state index contributed by atoms with van der Waals surface area (Å²) in [5, 5.41) is 5.58. The largest absolute Gasteiger partial charge is 0.381 e. The molecule has 0 radical (unpaired) electrons. The van der Waals surface area contributed by atoms with Gasteiger partial charge in [-0.25, -0.2) is 0 Å². The normalized spacial score (nSPS) is 14.1. The number of hydrogen-bond donors (Lipinski definition) is 1. The first-order valence-corrected chi connectivity index (χ1v) is 4.66. The van der Waals surface area contributed by atoms with Gasteiger partial charge in [0.05, 0.1) is 0 Å². The zero-order chi connectivity index (χ0) is 10.8. The van der Waals surface area contributed by atoms with Gasteiger partial charge in [0.1, 0.15) is 0 Å². The third-order valence-corrected chi connectivity index (χ3v) is 2.19. The lowest BCUT2D eigenvalue weighted by atomic mass is 10.0. The fourth-order valence-electron chi connectivity index (χ4n) is 1.17. The average molecular weight is 221 g/mol. The highest BCUT2D eigenvalue weighted by molar-refractivity contribution is 6.22. The van der Waals surface area contributed by atoms with Crippen LogP contribution in [0.25, 0.3) is 0 Å². The van der Waals surface area contributed by atoms with Crippen LogP contribution in [0.4, 0.5) is 8.78 Å². The minimum atomic E-state index is -3.62. The van der Waals surface area contributed by atoms with E-state index in [1.54, 1.807) is 6.07 Å². The van der Waals surface area contributed by atoms with E-state index in [1.807, 2.05) is 13.0 Å². The molecule has 1 nitrogen and oxygen atoms in total. The number of alkyl halides is 3. The Bertz CT molecular complexity index is 309. The summed E-state index contributed by atoms with van der Waals surface area (Å²) in [7, 11) is 0. The summed E-state index contributed by atoms with van der Waals surface area (Å²) in [6, 6.07) is 6.39. The Kier molecular flexibility index (Phi) is 3.45. The molecule has 78 valence electrons. The predicted octanol–water partition coefficient (Wildman–Crippen LogP) is 3.11. The summed E-state index contributed by atoms with van der Waals surface area (Å²) in [4.78, 5) is 0. The van der Waals surface area contributed by atoms with E-state index in [-0.39, 0.29) is 5.56 Å². The molecule has 1 aromatic rings. The standard InChI is InChI=1S/C10H11ClF2O/c1-2-7-4-3-5-8(6-7)9(14)10(11,12)13/h3-6,9,14H,2H2,1H3. The van der Waals surface area contributed by atoms with Gasteiger partial charge in [0.25, 0.3) is 0 Å². The van der Waals surface area contributed by atoms with Crippen LogP contribution in [0.15, 0.2) is 24.3 Å². The van der Waals surface area contributed by atoms with Gasteiger partial charge in [-0.3, -0.25) is 0 Å². The highest BCUT2D eigenvalue weighted by Crippen LogP contribution is 2.34. The maximum Gasteiger partial charge on any atom is 0.351 e. The molecule has 4 heteroatoms. The number of aliphatic hydroxyl groups excluding tert-OH is 1. The highest BCUT2D eigenvalue weighted by Gasteiger charge is 2.36. The summed E-state index contributed by atoms with van der Waals surface area (Å²) in [6.45, 7) is 1.91. The van der Waals surface area contributed by atoms with Gasteiger partial charge >= 0.3 is 5.38 Å². The molecule has 0 bridgehead atoms. The quantitative estimate of drug-likeness (QED) is 0.776. The van der Waals surface area contributed by atoms with Crippen molar-refractivity contribution in [2.75, 3.05) is 0 Å². The van der Waals surface area contributed by atoms with Crippen molar-refractivity contribution in [3.8, 4) is 0 Å². The lowest BCUT2D eigenvalue weighted by molar-refractivity contribution is -0.0424. The molecule has 1 atom stereocenters. The van der Waals surface area contributed by atoms with Crippen molar-refractivity contribution in [3.05, 3.63) is 35.4 Å². The summed E-state index contributed by atoms with van der Waals surface area (Å²) in [6.07, 6.45) is -1.22. The van der Waals surface area contributed by atoms with Gasteiger partial charge in [0.15, 0.2) is 6.10 Å². The molecule has 0 aliphatic carbocycles. The van der Waals surface area contributed by atoms with Crippen molar-refractivity contribution in [1.29, 1.82) is 0 Å². The average Bonchev–Trinajstić information content (AvgIpc) is 2.15. The molecule has 1 unspecified atom stereocenters. The maximum absolute atomic E-state index is 12.6. The molecule has 0 spiro atoms. The molecule has 1 rings (SSSR count). The second kappa shape index (κ2) is 4.24. The monoisotopic (exact) mass is 220 g/mol. The number of hydrogen-bond acceptors (Lipinski definition) is 1. The van der Waals surface area contributed by atoms with Crippen LogP contribution >= 0.6 is 11.6 Å². The highest BCUT2D eigenvalue weighted by atomic mass is 35.5. The Labute approximate surface area is 86.3 Å². The summed E-state index contributed by atoms with van der Waals surface area (Å²) >= 11 is 4.73. The SMILES string of the molecule is CCc1cccc(C(O)C(F)(F)Cl)c1.